The lowest BCUT2D eigenvalue weighted by Gasteiger charge is -2.09. The number of rotatable bonds is 4. The summed E-state index contributed by atoms with van der Waals surface area (Å²) < 4.78 is 1.21. The molecular weight excluding hydrogens is 256 g/mol. The van der Waals surface area contributed by atoms with Crippen LogP contribution in [0.4, 0.5) is 0 Å². The summed E-state index contributed by atoms with van der Waals surface area (Å²) in [7, 11) is 0. The van der Waals surface area contributed by atoms with Crippen LogP contribution in [0.5, 0.6) is 0 Å². The summed E-state index contributed by atoms with van der Waals surface area (Å²) in [6.45, 7) is 4.93. The van der Waals surface area contributed by atoms with Gasteiger partial charge in [-0.25, -0.2) is 4.98 Å². The number of para-hydroxylation sites is 1. The number of nitrogens with one attached hydrogen (secondary N) is 1. The molecule has 0 bridgehead atoms. The number of hydrogen-bond acceptors (Lipinski definition) is 3. The zero-order valence-corrected chi connectivity index (χ0v) is 12.0. The van der Waals surface area contributed by atoms with Crippen LogP contribution in [0.3, 0.4) is 0 Å². The van der Waals surface area contributed by atoms with Crippen molar-refractivity contribution in [1.29, 1.82) is 0 Å². The fourth-order valence-corrected chi connectivity index (χ4v) is 3.28. The number of carbonyl (C=O) groups excluding carboxylic acids is 1. The molecule has 1 aromatic heterocycles. The van der Waals surface area contributed by atoms with E-state index in [1.54, 1.807) is 11.3 Å². The van der Waals surface area contributed by atoms with Gasteiger partial charge in [-0.2, -0.15) is 0 Å². The first-order valence-electron chi connectivity index (χ1n) is 6.78. The number of amides is 1. The Morgan fingerprint density at radius 2 is 2.26 bits per heavy atom. The van der Waals surface area contributed by atoms with Gasteiger partial charge in [0.2, 0.25) is 5.91 Å². The Hall–Kier alpha value is -1.42. The second-order valence-electron chi connectivity index (χ2n) is 5.49. The normalized spacial score (nSPS) is 23.3. The molecule has 3 rings (SSSR count). The van der Waals surface area contributed by atoms with Crippen LogP contribution in [0, 0.1) is 11.8 Å². The van der Waals surface area contributed by atoms with E-state index in [4.69, 9.17) is 0 Å². The summed E-state index contributed by atoms with van der Waals surface area (Å²) in [6.07, 6.45) is 1.04. The molecule has 4 heteroatoms. The number of carbonyl (C=O) groups is 1. The topological polar surface area (TPSA) is 42.0 Å². The second-order valence-corrected chi connectivity index (χ2v) is 6.55. The van der Waals surface area contributed by atoms with Crippen molar-refractivity contribution in [3.8, 4) is 0 Å². The highest BCUT2D eigenvalue weighted by atomic mass is 32.1. The average molecular weight is 274 g/mol. The lowest BCUT2D eigenvalue weighted by Crippen LogP contribution is -2.29. The van der Waals surface area contributed by atoms with E-state index in [1.807, 2.05) is 18.2 Å². The van der Waals surface area contributed by atoms with Crippen molar-refractivity contribution in [1.82, 2.24) is 10.3 Å². The molecule has 3 unspecified atom stereocenters. The minimum atomic E-state index is 0.209. The van der Waals surface area contributed by atoms with Gasteiger partial charge in [0.15, 0.2) is 0 Å². The van der Waals surface area contributed by atoms with Gasteiger partial charge in [-0.1, -0.05) is 26.0 Å². The summed E-state index contributed by atoms with van der Waals surface area (Å²) in [4.78, 5) is 16.4. The van der Waals surface area contributed by atoms with Crippen LogP contribution in [-0.2, 0) is 4.79 Å². The first-order valence-corrected chi connectivity index (χ1v) is 7.60. The van der Waals surface area contributed by atoms with Crippen LogP contribution in [0.15, 0.2) is 24.3 Å². The molecule has 1 aliphatic rings. The van der Waals surface area contributed by atoms with E-state index in [0.717, 1.165) is 16.9 Å². The van der Waals surface area contributed by atoms with Crippen LogP contribution in [-0.4, -0.2) is 17.4 Å². The van der Waals surface area contributed by atoms with E-state index in [0.29, 0.717) is 12.5 Å². The maximum atomic E-state index is 11.8. The highest BCUT2D eigenvalue weighted by Crippen LogP contribution is 2.37. The largest absolute Gasteiger partial charge is 0.355 e. The molecule has 0 aliphatic heterocycles. The van der Waals surface area contributed by atoms with Gasteiger partial charge >= 0.3 is 0 Å². The second kappa shape index (κ2) is 4.93. The smallest absolute Gasteiger partial charge is 0.223 e. The van der Waals surface area contributed by atoms with Gasteiger partial charge in [0.25, 0.3) is 0 Å². The summed E-state index contributed by atoms with van der Waals surface area (Å²) in [5.41, 5.74) is 1.05. The molecule has 3 nitrogen and oxygen atoms in total. The Bertz CT molecular complexity index is 574. The molecule has 19 heavy (non-hydrogen) atoms. The van der Waals surface area contributed by atoms with Crippen molar-refractivity contribution in [3.63, 3.8) is 0 Å². The van der Waals surface area contributed by atoms with Gasteiger partial charge in [-0.3, -0.25) is 4.79 Å². The SMILES string of the molecule is CC(CNC(=O)C1CC1C)c1nc2ccccc2s1. The molecule has 0 spiro atoms. The maximum absolute atomic E-state index is 11.8. The van der Waals surface area contributed by atoms with Gasteiger partial charge < -0.3 is 5.32 Å². The Labute approximate surface area is 117 Å². The molecular formula is C15H18N2OS. The first-order chi connectivity index (χ1) is 9.15. The van der Waals surface area contributed by atoms with E-state index in [9.17, 15) is 4.79 Å². The van der Waals surface area contributed by atoms with Crippen molar-refractivity contribution in [2.75, 3.05) is 6.54 Å². The molecule has 1 aromatic carbocycles. The van der Waals surface area contributed by atoms with Crippen LogP contribution >= 0.6 is 11.3 Å². The zero-order valence-electron chi connectivity index (χ0n) is 11.2. The molecule has 1 heterocycles. The van der Waals surface area contributed by atoms with Crippen LogP contribution in [0.2, 0.25) is 0 Å². The van der Waals surface area contributed by atoms with Crippen LogP contribution in [0.25, 0.3) is 10.2 Å². The standard InChI is InChI=1S/C15H18N2OS/c1-9-7-11(9)14(18)16-8-10(2)15-17-12-5-3-4-6-13(12)19-15/h3-6,9-11H,7-8H2,1-2H3,(H,16,18). The minimum Gasteiger partial charge on any atom is -0.355 e. The molecule has 1 fully saturated rings. The molecule has 1 N–H and O–H groups in total. The molecule has 1 amide bonds. The third kappa shape index (κ3) is 2.63. The lowest BCUT2D eigenvalue weighted by atomic mass is 10.2. The van der Waals surface area contributed by atoms with Crippen LogP contribution in [0.1, 0.15) is 31.2 Å². The molecule has 3 atom stereocenters. The van der Waals surface area contributed by atoms with Crippen LogP contribution < -0.4 is 5.32 Å². The van der Waals surface area contributed by atoms with E-state index in [1.165, 1.54) is 4.70 Å². The Morgan fingerprint density at radius 1 is 1.53 bits per heavy atom. The minimum absolute atomic E-state index is 0.209. The molecule has 0 radical (unpaired) electrons. The quantitative estimate of drug-likeness (QED) is 0.930. The molecule has 1 saturated carbocycles. The fourth-order valence-electron chi connectivity index (χ4n) is 2.26. The highest BCUT2D eigenvalue weighted by molar-refractivity contribution is 7.18. The van der Waals surface area contributed by atoms with Gasteiger partial charge in [-0.05, 0) is 24.5 Å². The number of thiazole rings is 1. The van der Waals surface area contributed by atoms with E-state index in [2.05, 4.69) is 30.2 Å². The highest BCUT2D eigenvalue weighted by Gasteiger charge is 2.38. The van der Waals surface area contributed by atoms with Gasteiger partial charge in [0.1, 0.15) is 0 Å². The maximum Gasteiger partial charge on any atom is 0.223 e. The Kier molecular flexibility index (Phi) is 3.27. The fraction of sp³-hybridized carbons (Fsp3) is 0.467. The molecule has 0 saturated heterocycles. The first kappa shape index (κ1) is 12.6. The number of fused-ring (bicyclic) bond motifs is 1. The van der Waals surface area contributed by atoms with Crippen molar-refractivity contribution in [2.45, 2.75) is 26.2 Å². The molecule has 2 aromatic rings. The third-order valence-electron chi connectivity index (χ3n) is 3.76. The van der Waals surface area contributed by atoms with E-state index in [-0.39, 0.29) is 17.7 Å². The van der Waals surface area contributed by atoms with E-state index >= 15 is 0 Å². The molecule has 100 valence electrons. The van der Waals surface area contributed by atoms with Gasteiger partial charge in [-0.15, -0.1) is 11.3 Å². The number of nitrogens with zero attached hydrogens (tertiary/aromatic N) is 1. The summed E-state index contributed by atoms with van der Waals surface area (Å²) in [6, 6.07) is 8.16. The van der Waals surface area contributed by atoms with Crippen molar-refractivity contribution < 1.29 is 4.79 Å². The monoisotopic (exact) mass is 274 g/mol. The predicted molar refractivity (Wildman–Crippen MR) is 78.3 cm³/mol. The zero-order chi connectivity index (χ0) is 13.4. The van der Waals surface area contributed by atoms with Gasteiger partial charge in [0, 0.05) is 18.4 Å². The number of benzene rings is 1. The predicted octanol–water partition coefficient (Wildman–Crippen LogP) is 3.17. The summed E-state index contributed by atoms with van der Waals surface area (Å²) >= 11 is 1.72. The lowest BCUT2D eigenvalue weighted by molar-refractivity contribution is -0.122. The summed E-state index contributed by atoms with van der Waals surface area (Å²) in [5.74, 6) is 1.30. The number of aromatic nitrogens is 1. The van der Waals surface area contributed by atoms with E-state index < -0.39 is 0 Å². The van der Waals surface area contributed by atoms with Crippen molar-refractivity contribution >= 4 is 27.5 Å². The Morgan fingerprint density at radius 3 is 2.95 bits per heavy atom. The van der Waals surface area contributed by atoms with Crippen molar-refractivity contribution in [3.05, 3.63) is 29.3 Å². The summed E-state index contributed by atoms with van der Waals surface area (Å²) in [5, 5.41) is 4.15. The van der Waals surface area contributed by atoms with Crippen molar-refractivity contribution in [2.24, 2.45) is 11.8 Å². The average Bonchev–Trinajstić information content (AvgIpc) is 2.99. The third-order valence-corrected chi connectivity index (χ3v) is 5.03. The molecule has 1 aliphatic carbocycles. The Balaban J connectivity index is 1.63. The van der Waals surface area contributed by atoms with Gasteiger partial charge in [0.05, 0.1) is 15.2 Å². The number of hydrogen-bond donors (Lipinski definition) is 1.